The molecule has 0 aromatic carbocycles. The van der Waals surface area contributed by atoms with Crippen molar-refractivity contribution in [2.24, 2.45) is 0 Å². The second-order valence-electron chi connectivity index (χ2n) is 3.29. The normalized spacial score (nSPS) is 22.4. The van der Waals surface area contributed by atoms with E-state index >= 15 is 0 Å². The molecule has 74 valence electrons. The molecule has 1 atom stereocenters. The molecule has 0 aromatic rings. The second kappa shape index (κ2) is 5.02. The van der Waals surface area contributed by atoms with Crippen LogP contribution >= 0.6 is 0 Å². The summed E-state index contributed by atoms with van der Waals surface area (Å²) in [7, 11) is 1.37. The summed E-state index contributed by atoms with van der Waals surface area (Å²) in [6.45, 7) is 4.47. The highest BCUT2D eigenvalue weighted by Crippen LogP contribution is 2.18. The fraction of sp³-hybridized carbons (Fsp3) is 0.700. The number of ether oxygens (including phenoxy) is 2. The summed E-state index contributed by atoms with van der Waals surface area (Å²) in [5.74, 6) is -0.325. The van der Waals surface area contributed by atoms with E-state index in [0.717, 1.165) is 19.4 Å². The summed E-state index contributed by atoms with van der Waals surface area (Å²) < 4.78 is 10.0. The van der Waals surface area contributed by atoms with Crippen molar-refractivity contribution in [2.75, 3.05) is 13.7 Å². The van der Waals surface area contributed by atoms with Gasteiger partial charge in [-0.3, -0.25) is 0 Å². The van der Waals surface area contributed by atoms with Gasteiger partial charge >= 0.3 is 5.97 Å². The molecule has 0 N–H and O–H groups in total. The predicted molar refractivity (Wildman–Crippen MR) is 49.4 cm³/mol. The van der Waals surface area contributed by atoms with Gasteiger partial charge in [-0.05, 0) is 19.3 Å². The molecule has 1 fully saturated rings. The van der Waals surface area contributed by atoms with Crippen LogP contribution in [0.25, 0.3) is 0 Å². The third-order valence-corrected chi connectivity index (χ3v) is 2.22. The van der Waals surface area contributed by atoms with Crippen molar-refractivity contribution in [2.45, 2.75) is 31.8 Å². The van der Waals surface area contributed by atoms with Gasteiger partial charge in [0.1, 0.15) is 0 Å². The van der Waals surface area contributed by atoms with Crippen molar-refractivity contribution < 1.29 is 14.3 Å². The van der Waals surface area contributed by atoms with Crippen LogP contribution in [0.5, 0.6) is 0 Å². The Morgan fingerprint density at radius 1 is 1.62 bits per heavy atom. The third-order valence-electron chi connectivity index (χ3n) is 2.22. The Morgan fingerprint density at radius 2 is 2.38 bits per heavy atom. The van der Waals surface area contributed by atoms with Crippen LogP contribution in [0, 0.1) is 0 Å². The standard InChI is InChI=1S/C10H16O3/c1-8(10(11)12-2)7-9-5-3-4-6-13-9/h9H,1,3-7H2,2H3. The Morgan fingerprint density at radius 3 is 2.92 bits per heavy atom. The van der Waals surface area contributed by atoms with E-state index in [1.54, 1.807) is 0 Å². The van der Waals surface area contributed by atoms with Gasteiger partial charge in [0, 0.05) is 18.6 Å². The average molecular weight is 184 g/mol. The number of hydrogen-bond acceptors (Lipinski definition) is 3. The summed E-state index contributed by atoms with van der Waals surface area (Å²) in [5, 5.41) is 0. The van der Waals surface area contributed by atoms with Crippen LogP contribution in [-0.4, -0.2) is 25.8 Å². The first-order valence-corrected chi connectivity index (χ1v) is 4.61. The highest BCUT2D eigenvalue weighted by atomic mass is 16.5. The lowest BCUT2D eigenvalue weighted by atomic mass is 10.0. The Kier molecular flexibility index (Phi) is 3.96. The van der Waals surface area contributed by atoms with Gasteiger partial charge < -0.3 is 9.47 Å². The monoisotopic (exact) mass is 184 g/mol. The number of hydrogen-bond donors (Lipinski definition) is 0. The van der Waals surface area contributed by atoms with Crippen molar-refractivity contribution in [1.29, 1.82) is 0 Å². The topological polar surface area (TPSA) is 35.5 Å². The van der Waals surface area contributed by atoms with Crippen LogP contribution in [0.4, 0.5) is 0 Å². The van der Waals surface area contributed by atoms with Gasteiger partial charge in [-0.2, -0.15) is 0 Å². The van der Waals surface area contributed by atoms with Gasteiger partial charge in [-0.1, -0.05) is 6.58 Å². The molecule has 3 heteroatoms. The first-order chi connectivity index (χ1) is 6.24. The zero-order valence-electron chi connectivity index (χ0n) is 8.04. The molecule has 1 rings (SSSR count). The first-order valence-electron chi connectivity index (χ1n) is 4.61. The maximum Gasteiger partial charge on any atom is 0.333 e. The van der Waals surface area contributed by atoms with E-state index in [1.165, 1.54) is 13.5 Å². The zero-order valence-corrected chi connectivity index (χ0v) is 8.04. The molecular weight excluding hydrogens is 168 g/mol. The molecule has 1 unspecified atom stereocenters. The molecular formula is C10H16O3. The fourth-order valence-corrected chi connectivity index (χ4v) is 1.47. The van der Waals surface area contributed by atoms with Crippen molar-refractivity contribution in [3.8, 4) is 0 Å². The molecule has 1 aliphatic rings. The summed E-state index contributed by atoms with van der Waals surface area (Å²) >= 11 is 0. The molecule has 0 aromatic heterocycles. The lowest BCUT2D eigenvalue weighted by Crippen LogP contribution is -2.21. The number of carbonyl (C=O) groups is 1. The zero-order chi connectivity index (χ0) is 9.68. The molecule has 1 heterocycles. The van der Waals surface area contributed by atoms with Crippen LogP contribution in [-0.2, 0) is 14.3 Å². The summed E-state index contributed by atoms with van der Waals surface area (Å²) in [6.07, 6.45) is 4.10. The van der Waals surface area contributed by atoms with Crippen LogP contribution in [0.2, 0.25) is 0 Å². The van der Waals surface area contributed by atoms with Crippen molar-refractivity contribution in [1.82, 2.24) is 0 Å². The highest BCUT2D eigenvalue weighted by Gasteiger charge is 2.17. The predicted octanol–water partition coefficient (Wildman–Crippen LogP) is 1.67. The SMILES string of the molecule is C=C(CC1CCCCO1)C(=O)OC. The minimum absolute atomic E-state index is 0.167. The van der Waals surface area contributed by atoms with Crippen molar-refractivity contribution in [3.63, 3.8) is 0 Å². The molecule has 0 amide bonds. The maximum atomic E-state index is 11.0. The average Bonchev–Trinajstić information content (AvgIpc) is 2.18. The number of esters is 1. The van der Waals surface area contributed by atoms with Gasteiger partial charge in [0.25, 0.3) is 0 Å². The molecule has 1 aliphatic heterocycles. The number of rotatable bonds is 3. The summed E-state index contributed by atoms with van der Waals surface area (Å²) in [4.78, 5) is 11.0. The first kappa shape index (κ1) is 10.3. The van der Waals surface area contributed by atoms with Crippen molar-refractivity contribution in [3.05, 3.63) is 12.2 Å². The molecule has 0 aliphatic carbocycles. The lowest BCUT2D eigenvalue weighted by molar-refractivity contribution is -0.136. The highest BCUT2D eigenvalue weighted by molar-refractivity contribution is 5.87. The van der Waals surface area contributed by atoms with E-state index in [2.05, 4.69) is 11.3 Å². The van der Waals surface area contributed by atoms with Gasteiger partial charge in [-0.15, -0.1) is 0 Å². The van der Waals surface area contributed by atoms with E-state index in [-0.39, 0.29) is 12.1 Å². The van der Waals surface area contributed by atoms with Crippen LogP contribution in [0.3, 0.4) is 0 Å². The third kappa shape index (κ3) is 3.19. The van der Waals surface area contributed by atoms with Gasteiger partial charge in [0.15, 0.2) is 0 Å². The Bertz CT molecular complexity index is 192. The van der Waals surface area contributed by atoms with E-state index in [1.807, 2.05) is 0 Å². The van der Waals surface area contributed by atoms with Gasteiger partial charge in [0.2, 0.25) is 0 Å². The largest absolute Gasteiger partial charge is 0.466 e. The molecule has 0 spiro atoms. The maximum absolute atomic E-state index is 11.0. The molecule has 0 radical (unpaired) electrons. The molecule has 13 heavy (non-hydrogen) atoms. The fourth-order valence-electron chi connectivity index (χ4n) is 1.47. The second-order valence-corrected chi connectivity index (χ2v) is 3.29. The minimum Gasteiger partial charge on any atom is -0.466 e. The molecule has 3 nitrogen and oxygen atoms in total. The Labute approximate surface area is 78.7 Å². The van der Waals surface area contributed by atoms with Crippen LogP contribution < -0.4 is 0 Å². The van der Waals surface area contributed by atoms with Gasteiger partial charge in [-0.25, -0.2) is 4.79 Å². The molecule has 1 saturated heterocycles. The lowest BCUT2D eigenvalue weighted by Gasteiger charge is -2.22. The van der Waals surface area contributed by atoms with Crippen LogP contribution in [0.1, 0.15) is 25.7 Å². The van der Waals surface area contributed by atoms with Crippen LogP contribution in [0.15, 0.2) is 12.2 Å². The Hall–Kier alpha value is -0.830. The van der Waals surface area contributed by atoms with E-state index in [9.17, 15) is 4.79 Å². The van der Waals surface area contributed by atoms with Gasteiger partial charge in [0.05, 0.1) is 13.2 Å². The summed E-state index contributed by atoms with van der Waals surface area (Å²) in [6, 6.07) is 0. The van der Waals surface area contributed by atoms with E-state index in [0.29, 0.717) is 12.0 Å². The molecule has 0 bridgehead atoms. The number of carbonyl (C=O) groups excluding carboxylic acids is 1. The van der Waals surface area contributed by atoms with Crippen molar-refractivity contribution >= 4 is 5.97 Å². The quantitative estimate of drug-likeness (QED) is 0.494. The number of methoxy groups -OCH3 is 1. The Balaban J connectivity index is 2.30. The van der Waals surface area contributed by atoms with E-state index in [4.69, 9.17) is 4.74 Å². The van der Waals surface area contributed by atoms with E-state index < -0.39 is 0 Å². The smallest absolute Gasteiger partial charge is 0.333 e. The minimum atomic E-state index is -0.325. The summed E-state index contributed by atoms with van der Waals surface area (Å²) in [5.41, 5.74) is 0.509. The molecule has 0 saturated carbocycles.